The molecule has 0 aromatic carbocycles. The molecule has 1 saturated heterocycles. The van der Waals surface area contributed by atoms with E-state index in [1.807, 2.05) is 0 Å². The summed E-state index contributed by atoms with van der Waals surface area (Å²) in [4.78, 5) is 42.4. The Bertz CT molecular complexity index is 682. The van der Waals surface area contributed by atoms with Crippen LogP contribution in [-0.4, -0.2) is 39.7 Å². The molecule has 1 aromatic heterocycles. The summed E-state index contributed by atoms with van der Waals surface area (Å²) in [5.74, 6) is -1.26. The Morgan fingerprint density at radius 3 is 2.21 bits per heavy atom. The first-order valence-corrected chi connectivity index (χ1v) is 8.06. The van der Waals surface area contributed by atoms with Crippen LogP contribution < -0.4 is 0 Å². The minimum Gasteiger partial charge on any atom is -0.273 e. The molecular weight excluding hydrogens is 347 g/mol. The van der Waals surface area contributed by atoms with Gasteiger partial charge in [0.2, 0.25) is 11.8 Å². The molecule has 0 bridgehead atoms. The van der Waals surface area contributed by atoms with Crippen molar-refractivity contribution in [3.8, 4) is 0 Å². The van der Waals surface area contributed by atoms with Gasteiger partial charge in [-0.15, -0.1) is 11.3 Å². The number of rotatable bonds is 4. The lowest BCUT2D eigenvalue weighted by Crippen LogP contribution is -2.63. The molecule has 1 fully saturated rings. The lowest BCUT2D eigenvalue weighted by molar-refractivity contribution is -0.159. The fourth-order valence-corrected chi connectivity index (χ4v) is 3.46. The minimum absolute atomic E-state index is 0.118. The number of carbonyl (C=O) groups excluding carboxylic acids is 3. The second kappa shape index (κ2) is 6.15. The van der Waals surface area contributed by atoms with E-state index in [9.17, 15) is 27.6 Å². The number of hydrogen-bond acceptors (Lipinski definition) is 5. The Kier molecular flexibility index (Phi) is 4.71. The highest BCUT2D eigenvalue weighted by molar-refractivity contribution is 7.11. The molecule has 6 nitrogen and oxygen atoms in total. The Hall–Kier alpha value is -1.97. The highest BCUT2D eigenvalue weighted by atomic mass is 32.1. The van der Waals surface area contributed by atoms with Crippen molar-refractivity contribution in [2.45, 2.75) is 39.4 Å². The fourth-order valence-electron chi connectivity index (χ4n) is 2.69. The van der Waals surface area contributed by atoms with Crippen LogP contribution in [0.4, 0.5) is 18.0 Å². The number of aromatic nitrogens is 1. The Labute approximate surface area is 140 Å². The summed E-state index contributed by atoms with van der Waals surface area (Å²) in [7, 11) is 1.26. The fraction of sp³-hybridized carbons (Fsp3) is 0.571. The molecule has 1 aliphatic heterocycles. The van der Waals surface area contributed by atoms with Gasteiger partial charge in [-0.3, -0.25) is 19.4 Å². The predicted molar refractivity (Wildman–Crippen MR) is 78.8 cm³/mol. The summed E-state index contributed by atoms with van der Waals surface area (Å²) in [6.45, 7) is 2.98. The maximum absolute atomic E-state index is 12.7. The van der Waals surface area contributed by atoms with Crippen molar-refractivity contribution in [2.24, 2.45) is 5.41 Å². The summed E-state index contributed by atoms with van der Waals surface area (Å²) in [5.41, 5.74) is -1.36. The standard InChI is InChI=1S/C14H16F3N3O3S/c1-4-13(5-2)10(21)19(3)12(23)20(11(13)22)7-8-6-18-9(24-8)14(15,16)17/h6H,4-5,7H2,1-3H3. The summed E-state index contributed by atoms with van der Waals surface area (Å²) < 4.78 is 37.9. The molecular formula is C14H16F3N3O3S. The third-order valence-corrected chi connectivity index (χ3v) is 5.23. The van der Waals surface area contributed by atoms with Crippen molar-refractivity contribution in [3.05, 3.63) is 16.1 Å². The Balaban J connectivity index is 2.35. The highest BCUT2D eigenvalue weighted by Crippen LogP contribution is 2.37. The summed E-state index contributed by atoms with van der Waals surface area (Å²) in [6.07, 6.45) is -3.19. The van der Waals surface area contributed by atoms with Gasteiger partial charge in [-0.2, -0.15) is 13.2 Å². The van der Waals surface area contributed by atoms with E-state index in [-0.39, 0.29) is 24.3 Å². The molecule has 1 aromatic rings. The van der Waals surface area contributed by atoms with Gasteiger partial charge >= 0.3 is 12.2 Å². The quantitative estimate of drug-likeness (QED) is 0.772. The maximum atomic E-state index is 12.7. The lowest BCUT2D eigenvalue weighted by Gasteiger charge is -2.41. The normalized spacial score (nSPS) is 18.5. The van der Waals surface area contributed by atoms with Crippen LogP contribution in [0.15, 0.2) is 6.20 Å². The van der Waals surface area contributed by atoms with Gasteiger partial charge < -0.3 is 0 Å². The largest absolute Gasteiger partial charge is 0.443 e. The van der Waals surface area contributed by atoms with E-state index >= 15 is 0 Å². The number of hydrogen-bond donors (Lipinski definition) is 0. The smallest absolute Gasteiger partial charge is 0.273 e. The van der Waals surface area contributed by atoms with Gasteiger partial charge in [-0.05, 0) is 12.8 Å². The molecule has 0 unspecified atom stereocenters. The Morgan fingerprint density at radius 1 is 1.17 bits per heavy atom. The number of thiazole rings is 1. The number of imide groups is 2. The van der Waals surface area contributed by atoms with Crippen LogP contribution in [0.1, 0.15) is 36.6 Å². The van der Waals surface area contributed by atoms with Crippen molar-refractivity contribution in [2.75, 3.05) is 7.05 Å². The van der Waals surface area contributed by atoms with Crippen molar-refractivity contribution in [3.63, 3.8) is 0 Å². The molecule has 4 amide bonds. The Morgan fingerprint density at radius 2 is 1.75 bits per heavy atom. The molecule has 0 N–H and O–H groups in total. The number of barbiturate groups is 1. The summed E-state index contributed by atoms with van der Waals surface area (Å²) in [5, 5.41) is -1.05. The van der Waals surface area contributed by atoms with Crippen LogP contribution in [0.3, 0.4) is 0 Å². The van der Waals surface area contributed by atoms with E-state index in [2.05, 4.69) is 4.98 Å². The maximum Gasteiger partial charge on any atom is 0.443 e. The van der Waals surface area contributed by atoms with E-state index in [1.165, 1.54) is 7.05 Å². The monoisotopic (exact) mass is 363 g/mol. The lowest BCUT2D eigenvalue weighted by atomic mass is 9.78. The zero-order valence-corrected chi connectivity index (χ0v) is 14.1. The number of halogens is 3. The number of alkyl halides is 3. The first kappa shape index (κ1) is 18.4. The molecule has 0 atom stereocenters. The van der Waals surface area contributed by atoms with E-state index in [0.29, 0.717) is 11.3 Å². The van der Waals surface area contributed by atoms with Crippen LogP contribution in [0, 0.1) is 5.41 Å². The first-order chi connectivity index (χ1) is 11.1. The molecule has 0 spiro atoms. The summed E-state index contributed by atoms with van der Waals surface area (Å²) in [6, 6.07) is -0.843. The zero-order valence-electron chi connectivity index (χ0n) is 13.3. The number of nitrogens with zero attached hydrogens (tertiary/aromatic N) is 3. The average Bonchev–Trinajstić information content (AvgIpc) is 3.00. The SMILES string of the molecule is CCC1(CC)C(=O)N(C)C(=O)N(Cc2cnc(C(F)(F)F)s2)C1=O. The van der Waals surface area contributed by atoms with Gasteiger partial charge in [0.05, 0.1) is 6.54 Å². The first-order valence-electron chi connectivity index (χ1n) is 7.24. The summed E-state index contributed by atoms with van der Waals surface area (Å²) >= 11 is 0.369. The van der Waals surface area contributed by atoms with Crippen molar-refractivity contribution in [1.29, 1.82) is 0 Å². The van der Waals surface area contributed by atoms with E-state index in [4.69, 9.17) is 0 Å². The molecule has 132 valence electrons. The van der Waals surface area contributed by atoms with E-state index in [1.54, 1.807) is 13.8 Å². The van der Waals surface area contributed by atoms with Gasteiger partial charge in [0, 0.05) is 18.1 Å². The van der Waals surface area contributed by atoms with Crippen molar-refractivity contribution >= 4 is 29.2 Å². The van der Waals surface area contributed by atoms with Gasteiger partial charge in [-0.25, -0.2) is 9.78 Å². The molecule has 0 aliphatic carbocycles. The van der Waals surface area contributed by atoms with Crippen molar-refractivity contribution < 1.29 is 27.6 Å². The topological polar surface area (TPSA) is 70.6 Å². The molecule has 2 heterocycles. The van der Waals surface area contributed by atoms with E-state index in [0.717, 1.165) is 16.0 Å². The molecule has 2 rings (SSSR count). The van der Waals surface area contributed by atoms with Gasteiger partial charge in [-0.1, -0.05) is 13.8 Å². The molecule has 0 radical (unpaired) electrons. The molecule has 0 saturated carbocycles. The van der Waals surface area contributed by atoms with Gasteiger partial charge in [0.25, 0.3) is 0 Å². The van der Waals surface area contributed by atoms with Crippen molar-refractivity contribution in [1.82, 2.24) is 14.8 Å². The van der Waals surface area contributed by atoms with Crippen LogP contribution in [-0.2, 0) is 22.3 Å². The second-order valence-electron chi connectivity index (χ2n) is 5.46. The van der Waals surface area contributed by atoms with Crippen LogP contribution in [0.25, 0.3) is 0 Å². The predicted octanol–water partition coefficient (Wildman–Crippen LogP) is 2.89. The highest BCUT2D eigenvalue weighted by Gasteiger charge is 2.54. The van der Waals surface area contributed by atoms with Crippen LogP contribution in [0.5, 0.6) is 0 Å². The number of carbonyl (C=O) groups is 3. The van der Waals surface area contributed by atoms with Crippen LogP contribution in [0.2, 0.25) is 0 Å². The second-order valence-corrected chi connectivity index (χ2v) is 6.57. The third-order valence-electron chi connectivity index (χ3n) is 4.20. The molecule has 24 heavy (non-hydrogen) atoms. The molecule has 10 heteroatoms. The number of amides is 4. The molecule has 1 aliphatic rings. The average molecular weight is 363 g/mol. The van der Waals surface area contributed by atoms with Gasteiger partial charge in [0.1, 0.15) is 5.41 Å². The zero-order chi connectivity index (χ0) is 18.3. The minimum atomic E-state index is -4.58. The number of urea groups is 1. The van der Waals surface area contributed by atoms with Gasteiger partial charge in [0.15, 0.2) is 5.01 Å². The van der Waals surface area contributed by atoms with E-state index < -0.39 is 34.4 Å². The third kappa shape index (κ3) is 2.79. The van der Waals surface area contributed by atoms with Crippen LogP contribution >= 0.6 is 11.3 Å².